The lowest BCUT2D eigenvalue weighted by Crippen LogP contribution is -2.55. The number of aliphatic hydroxyl groups excluding tert-OH is 3. The minimum Gasteiger partial charge on any atom is -0.394 e. The smallest absolute Gasteiger partial charge is 0.0881 e. The number of nitrogens with one attached hydrogen (secondary N) is 1. The largest absolute Gasteiger partial charge is 0.394 e. The maximum Gasteiger partial charge on any atom is 0.0881 e. The molecule has 0 bridgehead atoms. The normalized spacial score (nSPS) is 12.0. The number of hydrogen-bond donors (Lipinski definition) is 5. The highest BCUT2D eigenvalue weighted by molar-refractivity contribution is 7.93. The molecule has 0 aliphatic carbocycles. The second-order valence-corrected chi connectivity index (χ2v) is 3.18. The van der Waals surface area contributed by atoms with E-state index in [2.05, 4.69) is 5.32 Å². The van der Waals surface area contributed by atoms with Gasteiger partial charge in [-0.25, -0.2) is 0 Å². The average molecular weight is 197 g/mol. The van der Waals surface area contributed by atoms with Gasteiger partial charge in [0.1, 0.15) is 0 Å². The quantitative estimate of drug-likeness (QED) is 0.252. The zero-order chi connectivity index (χ0) is 9.45. The summed E-state index contributed by atoms with van der Waals surface area (Å²) in [5, 5.41) is 29.2. The highest BCUT2D eigenvalue weighted by atomic mass is 32.2. The van der Waals surface area contributed by atoms with Gasteiger partial charge in [0.15, 0.2) is 0 Å². The number of rotatable bonds is 7. The Balaban J connectivity index is 3.76. The first-order chi connectivity index (χ1) is 5.74. The fourth-order valence-corrected chi connectivity index (χ4v) is 0.873. The summed E-state index contributed by atoms with van der Waals surface area (Å²) in [6, 6.07) is 0. The van der Waals surface area contributed by atoms with E-state index in [1.807, 2.05) is 0 Å². The molecule has 0 saturated carbocycles. The first-order valence-electron chi connectivity index (χ1n) is 3.58. The van der Waals surface area contributed by atoms with Crippen LogP contribution in [-0.2, 0) is 0 Å². The van der Waals surface area contributed by atoms with E-state index < -0.39 is 5.54 Å². The lowest BCUT2D eigenvalue weighted by Gasteiger charge is -2.28. The van der Waals surface area contributed by atoms with Gasteiger partial charge in [-0.3, -0.25) is 0 Å². The molecule has 0 unspecified atom stereocenters. The maximum atomic E-state index is 8.82. The summed E-state index contributed by atoms with van der Waals surface area (Å²) >= 11 is 0.666. The van der Waals surface area contributed by atoms with Crippen LogP contribution < -0.4 is 5.32 Å². The van der Waals surface area contributed by atoms with E-state index >= 15 is 0 Å². The van der Waals surface area contributed by atoms with Gasteiger partial charge in [-0.05, 0) is 12.0 Å². The summed E-state index contributed by atoms with van der Waals surface area (Å²) in [5.74, 6) is 0.446. The van der Waals surface area contributed by atoms with Crippen molar-refractivity contribution in [3.05, 3.63) is 0 Å². The van der Waals surface area contributed by atoms with Gasteiger partial charge in [0.05, 0.1) is 25.4 Å². The highest BCUT2D eigenvalue weighted by Crippen LogP contribution is 2.01. The number of hydrogen-bond acceptors (Lipinski definition) is 6. The minimum atomic E-state index is -1.03. The molecule has 0 aromatic carbocycles. The van der Waals surface area contributed by atoms with Crippen molar-refractivity contribution >= 4 is 12.0 Å². The van der Waals surface area contributed by atoms with Crippen molar-refractivity contribution in [1.29, 1.82) is 0 Å². The highest BCUT2D eigenvalue weighted by Gasteiger charge is 2.26. The fraction of sp³-hybridized carbons (Fsp3) is 1.00. The molecule has 0 rings (SSSR count). The first kappa shape index (κ1) is 12.2. The molecule has 0 amide bonds. The van der Waals surface area contributed by atoms with Crippen molar-refractivity contribution < 1.29 is 19.9 Å². The van der Waals surface area contributed by atoms with Crippen LogP contribution in [0.1, 0.15) is 0 Å². The SMILES string of the molecule is OCC(CO)(CO)NCCSO. The Morgan fingerprint density at radius 3 is 1.92 bits per heavy atom. The second-order valence-electron chi connectivity index (χ2n) is 2.51. The van der Waals surface area contributed by atoms with Gasteiger partial charge < -0.3 is 25.2 Å². The Labute approximate surface area is 75.6 Å². The summed E-state index contributed by atoms with van der Waals surface area (Å²) < 4.78 is 8.37. The van der Waals surface area contributed by atoms with Crippen molar-refractivity contribution in [2.45, 2.75) is 5.54 Å². The molecule has 0 atom stereocenters. The van der Waals surface area contributed by atoms with Gasteiger partial charge in [-0.15, -0.1) is 0 Å². The van der Waals surface area contributed by atoms with E-state index in [4.69, 9.17) is 19.9 Å². The van der Waals surface area contributed by atoms with E-state index in [9.17, 15) is 0 Å². The molecule has 0 radical (unpaired) electrons. The predicted molar refractivity (Wildman–Crippen MR) is 47.1 cm³/mol. The molecule has 74 valence electrons. The Hall–Kier alpha value is 0.150. The van der Waals surface area contributed by atoms with Crippen LogP contribution in [0.15, 0.2) is 0 Å². The molecule has 5 nitrogen and oxygen atoms in total. The van der Waals surface area contributed by atoms with Crippen LogP contribution in [0.3, 0.4) is 0 Å². The fourth-order valence-electron chi connectivity index (χ4n) is 0.680. The molecule has 0 fully saturated rings. The van der Waals surface area contributed by atoms with Crippen molar-refractivity contribution in [2.75, 3.05) is 32.1 Å². The Morgan fingerprint density at radius 2 is 1.58 bits per heavy atom. The molecule has 0 aromatic heterocycles. The molecule has 6 heteroatoms. The molecular formula is C6H15NO4S. The van der Waals surface area contributed by atoms with Crippen molar-refractivity contribution in [1.82, 2.24) is 5.32 Å². The lowest BCUT2D eigenvalue weighted by atomic mass is 10.0. The van der Waals surface area contributed by atoms with Gasteiger partial charge in [-0.2, -0.15) is 0 Å². The third-order valence-corrected chi connectivity index (χ3v) is 1.99. The molecule has 0 saturated heterocycles. The Morgan fingerprint density at radius 1 is 1.08 bits per heavy atom. The summed E-state index contributed by atoms with van der Waals surface area (Å²) in [7, 11) is 0. The maximum absolute atomic E-state index is 8.82. The molecule has 0 aliphatic heterocycles. The van der Waals surface area contributed by atoms with Gasteiger partial charge >= 0.3 is 0 Å². The van der Waals surface area contributed by atoms with Crippen LogP contribution in [0.5, 0.6) is 0 Å². The van der Waals surface area contributed by atoms with Crippen LogP contribution >= 0.6 is 12.0 Å². The van der Waals surface area contributed by atoms with Crippen LogP contribution in [0.4, 0.5) is 0 Å². The summed E-state index contributed by atoms with van der Waals surface area (Å²) in [6.07, 6.45) is 0. The molecule has 12 heavy (non-hydrogen) atoms. The van der Waals surface area contributed by atoms with Gasteiger partial charge in [0.25, 0.3) is 0 Å². The first-order valence-corrected chi connectivity index (χ1v) is 4.53. The number of aliphatic hydroxyl groups is 3. The third-order valence-electron chi connectivity index (χ3n) is 1.60. The minimum absolute atomic E-state index is 0.337. The zero-order valence-electron chi connectivity index (χ0n) is 6.73. The topological polar surface area (TPSA) is 93.0 Å². The Bertz CT molecular complexity index is 101. The molecule has 0 aliphatic rings. The van der Waals surface area contributed by atoms with Crippen LogP contribution in [0.25, 0.3) is 0 Å². The molecule has 0 aromatic rings. The second kappa shape index (κ2) is 6.64. The summed E-state index contributed by atoms with van der Waals surface area (Å²) in [4.78, 5) is 0. The van der Waals surface area contributed by atoms with Crippen LogP contribution in [0, 0.1) is 0 Å². The van der Waals surface area contributed by atoms with E-state index in [0.29, 0.717) is 24.3 Å². The lowest BCUT2D eigenvalue weighted by molar-refractivity contribution is 0.0441. The van der Waals surface area contributed by atoms with E-state index in [-0.39, 0.29) is 19.8 Å². The van der Waals surface area contributed by atoms with E-state index in [0.717, 1.165) is 0 Å². The molecule has 0 heterocycles. The monoisotopic (exact) mass is 197 g/mol. The van der Waals surface area contributed by atoms with Crippen molar-refractivity contribution in [3.8, 4) is 0 Å². The van der Waals surface area contributed by atoms with E-state index in [1.54, 1.807) is 0 Å². The standard InChI is InChI=1S/C6H15NO4S/c8-3-6(4-9,5-10)7-1-2-12-11/h7-11H,1-5H2. The van der Waals surface area contributed by atoms with Crippen molar-refractivity contribution in [2.24, 2.45) is 0 Å². The van der Waals surface area contributed by atoms with Crippen LogP contribution in [-0.4, -0.2) is 57.5 Å². The third kappa shape index (κ3) is 3.70. The predicted octanol–water partition coefficient (Wildman–Crippen LogP) is -1.50. The molecular weight excluding hydrogens is 182 g/mol. The summed E-state index contributed by atoms with van der Waals surface area (Å²) in [6.45, 7) is -0.592. The van der Waals surface area contributed by atoms with Crippen molar-refractivity contribution in [3.63, 3.8) is 0 Å². The zero-order valence-corrected chi connectivity index (χ0v) is 7.55. The van der Waals surface area contributed by atoms with Gasteiger partial charge in [-0.1, -0.05) is 0 Å². The Kier molecular flexibility index (Phi) is 6.73. The molecule has 5 N–H and O–H groups in total. The summed E-state index contributed by atoms with van der Waals surface area (Å²) in [5.41, 5.74) is -1.03. The van der Waals surface area contributed by atoms with Crippen LogP contribution in [0.2, 0.25) is 0 Å². The van der Waals surface area contributed by atoms with Gasteiger partial charge in [0, 0.05) is 12.3 Å². The van der Waals surface area contributed by atoms with Gasteiger partial charge in [0.2, 0.25) is 0 Å². The average Bonchev–Trinajstić information content (AvgIpc) is 2.14. The van der Waals surface area contributed by atoms with E-state index in [1.165, 1.54) is 0 Å². The molecule has 0 spiro atoms.